The number of methoxy groups -OCH3 is 2. The zero-order valence-electron chi connectivity index (χ0n) is 13.0. The molecule has 2 N–H and O–H groups in total. The van der Waals surface area contributed by atoms with Crippen molar-refractivity contribution < 1.29 is 14.3 Å². The first kappa shape index (κ1) is 16.9. The van der Waals surface area contributed by atoms with Gasteiger partial charge in [-0.1, -0.05) is 0 Å². The third kappa shape index (κ3) is 4.05. The molecule has 8 heteroatoms. The minimum atomic E-state index is -0.752. The van der Waals surface area contributed by atoms with Crippen molar-refractivity contribution in [2.24, 2.45) is 0 Å². The normalized spacial score (nSPS) is 10.9. The quantitative estimate of drug-likeness (QED) is 0.696. The summed E-state index contributed by atoms with van der Waals surface area (Å²) in [6.45, 7) is 1.68. The minimum absolute atomic E-state index is 0.201. The van der Waals surface area contributed by atoms with Crippen LogP contribution in [-0.4, -0.2) is 61.3 Å². The second kappa shape index (κ2) is 7.70. The molecular weight excluding hydrogens is 302 g/mol. The Morgan fingerprint density at radius 1 is 1.00 bits per heavy atom. The zero-order valence-corrected chi connectivity index (χ0v) is 13.0. The van der Waals surface area contributed by atoms with Crippen LogP contribution in [0, 0.1) is 0 Å². The number of aromatic amines is 2. The molecule has 0 bridgehead atoms. The number of aromatic nitrogens is 2. The van der Waals surface area contributed by atoms with Crippen molar-refractivity contribution in [1.29, 1.82) is 0 Å². The van der Waals surface area contributed by atoms with Gasteiger partial charge < -0.3 is 24.3 Å². The monoisotopic (exact) mass is 321 g/mol. The van der Waals surface area contributed by atoms with E-state index in [-0.39, 0.29) is 5.91 Å². The summed E-state index contributed by atoms with van der Waals surface area (Å²) in [4.78, 5) is 41.8. The molecule has 1 aromatic carbocycles. The third-order valence-electron chi connectivity index (χ3n) is 3.39. The predicted octanol–water partition coefficient (Wildman–Crippen LogP) is -0.0486. The van der Waals surface area contributed by atoms with Crippen molar-refractivity contribution in [2.75, 3.05) is 40.5 Å². The van der Waals surface area contributed by atoms with Crippen LogP contribution < -0.4 is 11.1 Å². The van der Waals surface area contributed by atoms with Crippen LogP contribution in [0.2, 0.25) is 0 Å². The maximum Gasteiger partial charge on any atom is 0.314 e. The lowest BCUT2D eigenvalue weighted by Crippen LogP contribution is -2.36. The van der Waals surface area contributed by atoms with Crippen LogP contribution in [0.3, 0.4) is 0 Å². The van der Waals surface area contributed by atoms with Gasteiger partial charge in [-0.3, -0.25) is 14.4 Å². The Balaban J connectivity index is 2.32. The van der Waals surface area contributed by atoms with Crippen molar-refractivity contribution in [3.05, 3.63) is 44.5 Å². The van der Waals surface area contributed by atoms with Crippen LogP contribution in [0.25, 0.3) is 11.0 Å². The zero-order chi connectivity index (χ0) is 16.8. The van der Waals surface area contributed by atoms with Crippen LogP contribution >= 0.6 is 0 Å². The van der Waals surface area contributed by atoms with Crippen molar-refractivity contribution in [1.82, 2.24) is 14.9 Å². The SMILES string of the molecule is COCCN(CCOC)C(=O)c1ccc2[nH]c(=O)c(=O)[nH]c2c1. The van der Waals surface area contributed by atoms with Gasteiger partial charge in [-0.05, 0) is 18.2 Å². The molecular formula is C15H19N3O5. The van der Waals surface area contributed by atoms with E-state index in [1.54, 1.807) is 37.3 Å². The topological polar surface area (TPSA) is 104 Å². The van der Waals surface area contributed by atoms with Gasteiger partial charge in [0.05, 0.1) is 24.2 Å². The number of benzene rings is 1. The number of H-pyrrole nitrogens is 2. The van der Waals surface area contributed by atoms with E-state index < -0.39 is 11.1 Å². The molecule has 0 fully saturated rings. The van der Waals surface area contributed by atoms with Crippen LogP contribution in [0.4, 0.5) is 0 Å². The van der Waals surface area contributed by atoms with E-state index in [1.807, 2.05) is 0 Å². The summed E-state index contributed by atoms with van der Waals surface area (Å²) in [7, 11) is 3.13. The van der Waals surface area contributed by atoms with E-state index in [0.29, 0.717) is 42.9 Å². The van der Waals surface area contributed by atoms with E-state index in [1.165, 1.54) is 0 Å². The van der Waals surface area contributed by atoms with Crippen molar-refractivity contribution in [3.8, 4) is 0 Å². The Kier molecular flexibility index (Phi) is 5.67. The summed E-state index contributed by atoms with van der Waals surface area (Å²) in [6, 6.07) is 4.73. The van der Waals surface area contributed by atoms with E-state index in [9.17, 15) is 14.4 Å². The number of nitrogens with one attached hydrogen (secondary N) is 2. The summed E-state index contributed by atoms with van der Waals surface area (Å²) in [6.07, 6.45) is 0. The van der Waals surface area contributed by atoms with Gasteiger partial charge in [0, 0.05) is 32.9 Å². The van der Waals surface area contributed by atoms with Gasteiger partial charge in [0.1, 0.15) is 0 Å². The Morgan fingerprint density at radius 2 is 1.57 bits per heavy atom. The van der Waals surface area contributed by atoms with E-state index >= 15 is 0 Å². The van der Waals surface area contributed by atoms with Crippen molar-refractivity contribution in [2.45, 2.75) is 0 Å². The number of amides is 1. The van der Waals surface area contributed by atoms with Gasteiger partial charge in [-0.2, -0.15) is 0 Å². The average molecular weight is 321 g/mol. The average Bonchev–Trinajstić information content (AvgIpc) is 2.55. The van der Waals surface area contributed by atoms with Crippen molar-refractivity contribution in [3.63, 3.8) is 0 Å². The number of rotatable bonds is 7. The molecule has 1 heterocycles. The molecule has 0 spiro atoms. The number of hydrogen-bond donors (Lipinski definition) is 2. The molecule has 1 aromatic heterocycles. The maximum atomic E-state index is 12.6. The van der Waals surface area contributed by atoms with Gasteiger partial charge in [-0.25, -0.2) is 0 Å². The summed E-state index contributed by atoms with van der Waals surface area (Å²) in [5.41, 5.74) is -0.200. The second-order valence-corrected chi connectivity index (χ2v) is 4.95. The molecule has 0 saturated carbocycles. The largest absolute Gasteiger partial charge is 0.383 e. The lowest BCUT2D eigenvalue weighted by atomic mass is 10.1. The van der Waals surface area contributed by atoms with E-state index in [4.69, 9.17) is 9.47 Å². The highest BCUT2D eigenvalue weighted by molar-refractivity contribution is 5.97. The predicted molar refractivity (Wildman–Crippen MR) is 84.8 cm³/mol. The minimum Gasteiger partial charge on any atom is -0.383 e. The maximum absolute atomic E-state index is 12.6. The molecule has 1 amide bonds. The van der Waals surface area contributed by atoms with Gasteiger partial charge in [0.2, 0.25) is 0 Å². The first-order valence-electron chi connectivity index (χ1n) is 7.10. The van der Waals surface area contributed by atoms with E-state index in [0.717, 1.165) is 0 Å². The summed E-state index contributed by atoms with van der Waals surface area (Å²) in [5, 5.41) is 0. The number of carbonyl (C=O) groups is 1. The molecule has 0 aliphatic rings. The highest BCUT2D eigenvalue weighted by Gasteiger charge is 2.16. The summed E-state index contributed by atoms with van der Waals surface area (Å²) < 4.78 is 10.0. The van der Waals surface area contributed by atoms with E-state index in [2.05, 4.69) is 9.97 Å². The highest BCUT2D eigenvalue weighted by Crippen LogP contribution is 2.11. The number of nitrogens with zero attached hydrogens (tertiary/aromatic N) is 1. The Labute approximate surface area is 132 Å². The molecule has 0 saturated heterocycles. The molecule has 23 heavy (non-hydrogen) atoms. The molecule has 0 aliphatic heterocycles. The number of carbonyl (C=O) groups excluding carboxylic acids is 1. The molecule has 2 rings (SSSR count). The fourth-order valence-electron chi connectivity index (χ4n) is 2.15. The summed E-state index contributed by atoms with van der Waals surface area (Å²) in [5.74, 6) is -0.201. The first-order chi connectivity index (χ1) is 11.1. The smallest absolute Gasteiger partial charge is 0.314 e. The Bertz CT molecular complexity index is 788. The standard InChI is InChI=1S/C15H19N3O5/c1-22-7-5-18(6-8-23-2)15(21)10-3-4-11-12(9-10)17-14(20)13(19)16-11/h3-4,9H,5-8H2,1-2H3,(H,16,19)(H,17,20). The Hall–Kier alpha value is -2.45. The van der Waals surface area contributed by atoms with Gasteiger partial charge in [0.15, 0.2) is 0 Å². The van der Waals surface area contributed by atoms with Gasteiger partial charge >= 0.3 is 11.1 Å². The van der Waals surface area contributed by atoms with Gasteiger partial charge in [-0.15, -0.1) is 0 Å². The molecule has 0 aliphatic carbocycles. The fourth-order valence-corrected chi connectivity index (χ4v) is 2.15. The molecule has 8 nitrogen and oxygen atoms in total. The number of fused-ring (bicyclic) bond motifs is 1. The van der Waals surface area contributed by atoms with Crippen LogP contribution in [0.15, 0.2) is 27.8 Å². The van der Waals surface area contributed by atoms with Crippen molar-refractivity contribution >= 4 is 16.9 Å². The second-order valence-electron chi connectivity index (χ2n) is 4.95. The molecule has 0 radical (unpaired) electrons. The lowest BCUT2D eigenvalue weighted by molar-refractivity contribution is 0.0627. The lowest BCUT2D eigenvalue weighted by Gasteiger charge is -2.22. The summed E-state index contributed by atoms with van der Waals surface area (Å²) >= 11 is 0. The fraction of sp³-hybridized carbons (Fsp3) is 0.400. The number of hydrogen-bond acceptors (Lipinski definition) is 5. The highest BCUT2D eigenvalue weighted by atomic mass is 16.5. The van der Waals surface area contributed by atoms with Crippen LogP contribution in [0.5, 0.6) is 0 Å². The third-order valence-corrected chi connectivity index (χ3v) is 3.39. The Morgan fingerprint density at radius 3 is 2.13 bits per heavy atom. The molecule has 124 valence electrons. The molecule has 0 atom stereocenters. The number of ether oxygens (including phenoxy) is 2. The first-order valence-corrected chi connectivity index (χ1v) is 7.10. The van der Waals surface area contributed by atoms with Crippen LogP contribution in [0.1, 0.15) is 10.4 Å². The molecule has 0 unspecified atom stereocenters. The van der Waals surface area contributed by atoms with Gasteiger partial charge in [0.25, 0.3) is 5.91 Å². The molecule has 2 aromatic rings. The van der Waals surface area contributed by atoms with Crippen LogP contribution in [-0.2, 0) is 9.47 Å².